The first-order valence-corrected chi connectivity index (χ1v) is 6.52. The van der Waals surface area contributed by atoms with Gasteiger partial charge in [0.25, 0.3) is 0 Å². The lowest BCUT2D eigenvalue weighted by Gasteiger charge is -2.46. The highest BCUT2D eigenvalue weighted by atomic mass is 19.1. The molecule has 0 unspecified atom stereocenters. The van der Waals surface area contributed by atoms with Crippen LogP contribution in [-0.2, 0) is 4.74 Å². The summed E-state index contributed by atoms with van der Waals surface area (Å²) in [6.45, 7) is 6.47. The lowest BCUT2D eigenvalue weighted by Crippen LogP contribution is -2.62. The number of hydrogen-bond acceptors (Lipinski definition) is 4. The van der Waals surface area contributed by atoms with Gasteiger partial charge in [-0.3, -0.25) is 9.80 Å². The monoisotopic (exact) mass is 258 g/mol. The summed E-state index contributed by atoms with van der Waals surface area (Å²) < 4.78 is 18.1. The molecular weight excluding hydrogens is 235 g/mol. The predicted molar refractivity (Wildman–Crippen MR) is 68.1 cm³/mol. The Hall–Kier alpha value is -0.490. The molecule has 0 aliphatic carbocycles. The number of ether oxygens (including phenoxy) is 1. The van der Waals surface area contributed by atoms with Crippen LogP contribution in [0.15, 0.2) is 11.9 Å². The number of hydrogen-bond donors (Lipinski definition) is 1. The highest BCUT2D eigenvalue weighted by Crippen LogP contribution is 2.36. The highest BCUT2D eigenvalue weighted by Gasteiger charge is 2.46. The summed E-state index contributed by atoms with van der Waals surface area (Å²) in [5, 5.41) is 9.50. The van der Waals surface area contributed by atoms with Crippen molar-refractivity contribution in [3.63, 3.8) is 0 Å². The molecule has 2 heterocycles. The molecule has 4 nitrogen and oxygen atoms in total. The Bertz CT molecular complexity index is 322. The molecule has 2 aliphatic heterocycles. The molecule has 18 heavy (non-hydrogen) atoms. The van der Waals surface area contributed by atoms with Crippen LogP contribution in [0.5, 0.6) is 0 Å². The molecule has 2 aliphatic rings. The van der Waals surface area contributed by atoms with Gasteiger partial charge in [-0.2, -0.15) is 0 Å². The van der Waals surface area contributed by atoms with Gasteiger partial charge in [0.05, 0.1) is 24.6 Å². The third-order valence-electron chi connectivity index (χ3n) is 3.91. The van der Waals surface area contributed by atoms with E-state index in [0.29, 0.717) is 19.7 Å². The van der Waals surface area contributed by atoms with Crippen LogP contribution in [0.1, 0.15) is 13.3 Å². The smallest absolute Gasteiger partial charge is 0.0872 e. The molecule has 0 saturated carbocycles. The number of aliphatic hydroxyl groups excluding tert-OH is 1. The molecule has 0 aromatic carbocycles. The topological polar surface area (TPSA) is 35.9 Å². The van der Waals surface area contributed by atoms with Crippen LogP contribution in [0.4, 0.5) is 4.39 Å². The Labute approximate surface area is 108 Å². The van der Waals surface area contributed by atoms with Gasteiger partial charge in [0, 0.05) is 39.8 Å². The van der Waals surface area contributed by atoms with Gasteiger partial charge in [0.1, 0.15) is 0 Å². The number of methoxy groups -OCH3 is 1. The van der Waals surface area contributed by atoms with Gasteiger partial charge in [-0.1, -0.05) is 0 Å². The molecule has 0 amide bonds. The summed E-state index contributed by atoms with van der Waals surface area (Å²) in [5.74, 6) is 0. The molecule has 0 aromatic heterocycles. The van der Waals surface area contributed by atoms with E-state index in [9.17, 15) is 9.50 Å². The van der Waals surface area contributed by atoms with Crippen LogP contribution >= 0.6 is 0 Å². The molecular formula is C13H23FN2O2. The minimum absolute atomic E-state index is 0.111. The van der Waals surface area contributed by atoms with E-state index in [0.717, 1.165) is 38.0 Å². The lowest BCUT2D eigenvalue weighted by molar-refractivity contribution is -0.0327. The van der Waals surface area contributed by atoms with E-state index in [1.807, 2.05) is 0 Å². The summed E-state index contributed by atoms with van der Waals surface area (Å²) in [5.41, 5.74) is 0.741. The average molecular weight is 258 g/mol. The van der Waals surface area contributed by atoms with Crippen LogP contribution in [0.3, 0.4) is 0 Å². The van der Waals surface area contributed by atoms with Crippen molar-refractivity contribution in [3.05, 3.63) is 11.9 Å². The maximum absolute atomic E-state index is 12.8. The second-order valence-corrected chi connectivity index (χ2v) is 5.61. The fourth-order valence-corrected chi connectivity index (χ4v) is 3.29. The number of piperazine rings is 1. The van der Waals surface area contributed by atoms with Gasteiger partial charge >= 0.3 is 0 Å². The lowest BCUT2D eigenvalue weighted by atomic mass is 9.93. The van der Waals surface area contributed by atoms with E-state index in [1.165, 1.54) is 0 Å². The van der Waals surface area contributed by atoms with Gasteiger partial charge < -0.3 is 9.84 Å². The minimum Gasteiger partial charge on any atom is -0.392 e. The molecule has 0 aromatic rings. The molecule has 2 fully saturated rings. The average Bonchev–Trinajstić information content (AvgIpc) is 2.66. The van der Waals surface area contributed by atoms with Crippen LogP contribution in [-0.4, -0.2) is 73.0 Å². The summed E-state index contributed by atoms with van der Waals surface area (Å²) in [6, 6.07) is 0. The van der Waals surface area contributed by atoms with E-state index in [1.54, 1.807) is 14.0 Å². The zero-order valence-corrected chi connectivity index (χ0v) is 11.2. The van der Waals surface area contributed by atoms with E-state index in [-0.39, 0.29) is 11.6 Å². The minimum atomic E-state index is -0.325. The van der Waals surface area contributed by atoms with E-state index >= 15 is 0 Å². The number of halogens is 1. The van der Waals surface area contributed by atoms with Crippen LogP contribution in [0.2, 0.25) is 0 Å². The van der Waals surface area contributed by atoms with Gasteiger partial charge in [0.2, 0.25) is 0 Å². The molecule has 5 heteroatoms. The number of β-amino-alcohol motifs (C(OH)–C–C–N with tert-alkyl or cyclic N) is 1. The van der Waals surface area contributed by atoms with Gasteiger partial charge in [-0.05, 0) is 18.9 Å². The van der Waals surface area contributed by atoms with Crippen LogP contribution < -0.4 is 0 Å². The van der Waals surface area contributed by atoms with E-state index < -0.39 is 0 Å². The Morgan fingerprint density at radius 2 is 2.33 bits per heavy atom. The second kappa shape index (κ2) is 5.65. The first-order valence-electron chi connectivity index (χ1n) is 6.52. The fourth-order valence-electron chi connectivity index (χ4n) is 3.29. The Morgan fingerprint density at radius 1 is 1.56 bits per heavy atom. The number of aliphatic hydroxyl groups is 1. The van der Waals surface area contributed by atoms with Crippen molar-refractivity contribution >= 4 is 0 Å². The zero-order chi connectivity index (χ0) is 13.2. The number of rotatable bonds is 4. The van der Waals surface area contributed by atoms with Crippen LogP contribution in [0.25, 0.3) is 0 Å². The molecule has 1 N–H and O–H groups in total. The van der Waals surface area contributed by atoms with Gasteiger partial charge in [-0.25, -0.2) is 4.39 Å². The number of fused-ring (bicyclic) bond motifs is 1. The standard InChI is InChI=1S/C13H23FN2O2/c1-11(17)7-15-3-4-16-8-12(6-14)5-13(16,9-15)10-18-2/h6,11,17H,3-5,7-10H2,1-2H3/b12-6+/t11-,13+/m0/s1. The normalized spacial score (nSPS) is 33.9. The van der Waals surface area contributed by atoms with Crippen molar-refractivity contribution in [2.75, 3.05) is 46.4 Å². The zero-order valence-electron chi connectivity index (χ0n) is 11.2. The quantitative estimate of drug-likeness (QED) is 0.802. The summed E-state index contributed by atoms with van der Waals surface area (Å²) in [4.78, 5) is 4.57. The largest absolute Gasteiger partial charge is 0.392 e. The third kappa shape index (κ3) is 2.74. The molecule has 2 rings (SSSR count). The maximum atomic E-state index is 12.8. The van der Waals surface area contributed by atoms with Crippen molar-refractivity contribution in [1.29, 1.82) is 0 Å². The van der Waals surface area contributed by atoms with E-state index in [2.05, 4.69) is 9.80 Å². The highest BCUT2D eigenvalue weighted by molar-refractivity contribution is 5.19. The molecule has 2 atom stereocenters. The molecule has 2 saturated heterocycles. The second-order valence-electron chi connectivity index (χ2n) is 5.61. The van der Waals surface area contributed by atoms with Gasteiger partial charge in [0.15, 0.2) is 0 Å². The summed E-state index contributed by atoms with van der Waals surface area (Å²) in [6.07, 6.45) is 1.15. The molecule has 0 spiro atoms. The summed E-state index contributed by atoms with van der Waals surface area (Å²) in [7, 11) is 1.69. The predicted octanol–water partition coefficient (Wildman–Crippen LogP) is 0.627. The fraction of sp³-hybridized carbons (Fsp3) is 0.846. The summed E-state index contributed by atoms with van der Waals surface area (Å²) >= 11 is 0. The van der Waals surface area contributed by atoms with Crippen molar-refractivity contribution in [1.82, 2.24) is 9.80 Å². The molecule has 0 radical (unpaired) electrons. The van der Waals surface area contributed by atoms with Crippen LogP contribution in [0, 0.1) is 0 Å². The van der Waals surface area contributed by atoms with E-state index in [4.69, 9.17) is 4.74 Å². The third-order valence-corrected chi connectivity index (χ3v) is 3.91. The van der Waals surface area contributed by atoms with Crippen molar-refractivity contribution in [2.45, 2.75) is 25.0 Å². The van der Waals surface area contributed by atoms with Crippen molar-refractivity contribution < 1.29 is 14.2 Å². The van der Waals surface area contributed by atoms with Crippen molar-refractivity contribution in [3.8, 4) is 0 Å². The SMILES string of the molecule is COC[C@]12C/C(=C\F)CN1CCN(C[C@H](C)O)C2. The molecule has 104 valence electrons. The molecule has 0 bridgehead atoms. The van der Waals surface area contributed by atoms with Crippen molar-refractivity contribution in [2.24, 2.45) is 0 Å². The first kappa shape index (κ1) is 13.9. The Kier molecular flexibility index (Phi) is 4.37. The number of nitrogens with zero attached hydrogens (tertiary/aromatic N) is 2. The van der Waals surface area contributed by atoms with Gasteiger partial charge in [-0.15, -0.1) is 0 Å². The Morgan fingerprint density at radius 3 is 2.94 bits per heavy atom. The first-order chi connectivity index (χ1) is 8.59. The Balaban J connectivity index is 2.10. The maximum Gasteiger partial charge on any atom is 0.0872 e.